The number of thiophene rings is 1. The second kappa shape index (κ2) is 16.5. The van der Waals surface area contributed by atoms with E-state index < -0.39 is 11.9 Å². The summed E-state index contributed by atoms with van der Waals surface area (Å²) >= 11 is 1.65. The first-order valence-electron chi connectivity index (χ1n) is 18.6. The van der Waals surface area contributed by atoms with E-state index in [1.165, 1.54) is 11.1 Å². The van der Waals surface area contributed by atoms with Gasteiger partial charge in [0.25, 0.3) is 5.91 Å². The van der Waals surface area contributed by atoms with E-state index in [0.29, 0.717) is 64.7 Å². The molecule has 1 fully saturated rings. The van der Waals surface area contributed by atoms with Crippen LogP contribution in [0.4, 0.5) is 0 Å². The molecule has 0 bridgehead atoms. The van der Waals surface area contributed by atoms with Crippen LogP contribution in [0.1, 0.15) is 79.5 Å². The fourth-order valence-corrected chi connectivity index (χ4v) is 8.57. The summed E-state index contributed by atoms with van der Waals surface area (Å²) in [6.07, 6.45) is 6.60. The van der Waals surface area contributed by atoms with Crippen molar-refractivity contribution in [2.24, 2.45) is 0 Å². The molecule has 3 aliphatic rings. The number of fused-ring (bicyclic) bond motifs is 4. The van der Waals surface area contributed by atoms with Gasteiger partial charge in [0.1, 0.15) is 23.5 Å². The third-order valence-corrected chi connectivity index (χ3v) is 11.3. The first-order chi connectivity index (χ1) is 26.9. The van der Waals surface area contributed by atoms with Crippen LogP contribution in [0.3, 0.4) is 0 Å². The molecule has 1 unspecified atom stereocenters. The third-order valence-electron chi connectivity index (χ3n) is 10.1. The topological polar surface area (TPSA) is 143 Å². The summed E-state index contributed by atoms with van der Waals surface area (Å²) in [7, 11) is 0. The second-order valence-corrected chi connectivity index (χ2v) is 14.8. The fraction of sp³-hybridized carbons (Fsp3) is 0.366. The summed E-state index contributed by atoms with van der Waals surface area (Å²) in [5, 5.41) is 16.5. The van der Waals surface area contributed by atoms with Gasteiger partial charge in [-0.2, -0.15) is 5.10 Å². The zero-order valence-electron chi connectivity index (χ0n) is 30.6. The molecule has 1 N–H and O–H groups in total. The number of carbonyl (C=O) groups is 3. The Balaban J connectivity index is 0.795. The fourth-order valence-electron chi connectivity index (χ4n) is 7.32. The molecule has 8 rings (SSSR count). The van der Waals surface area contributed by atoms with Crippen LogP contribution >= 0.6 is 11.3 Å². The van der Waals surface area contributed by atoms with Crippen molar-refractivity contribution in [1.82, 2.24) is 34.8 Å². The highest BCUT2D eigenvalue weighted by Crippen LogP contribution is 2.37. The molecule has 1 atom stereocenters. The third kappa shape index (κ3) is 8.01. The first-order valence-corrected chi connectivity index (χ1v) is 19.4. The zero-order chi connectivity index (χ0) is 37.7. The van der Waals surface area contributed by atoms with Gasteiger partial charge in [-0.3, -0.25) is 28.9 Å². The number of rotatable bonds is 13. The number of hydrogen-bond donors (Lipinski definition) is 1. The van der Waals surface area contributed by atoms with E-state index in [4.69, 9.17) is 14.2 Å². The van der Waals surface area contributed by atoms with Crippen LogP contribution in [0, 0.1) is 18.8 Å². The molecule has 0 spiro atoms. The minimum Gasteiger partial charge on any atom is -0.379 e. The Morgan fingerprint density at radius 1 is 0.964 bits per heavy atom. The van der Waals surface area contributed by atoms with Crippen LogP contribution in [-0.4, -0.2) is 79.6 Å². The molecule has 14 heteroatoms. The average Bonchev–Trinajstić information content (AvgIpc) is 3.93. The van der Waals surface area contributed by atoms with E-state index in [2.05, 4.69) is 61.3 Å². The van der Waals surface area contributed by atoms with Crippen molar-refractivity contribution in [3.8, 4) is 16.8 Å². The standard InChI is InChI=1S/C41H41N7O6S/c1-27-44-45-37-26-54-25-34-32(21-28-7-3-2-4-8-28)36(55-41(34)48(27)37)14-12-29-22-42-46(23-29)16-18-53-20-19-52-17-6-10-30-9-5-11-31-33(30)24-47(40(31)51)35-13-15-38(49)43-39(35)50/h2-5,7-9,11,22-23,35H,6,10,13,15-21,24-26H2,1H3,(H,43,49,50). The lowest BCUT2D eigenvalue weighted by Crippen LogP contribution is -2.52. The number of benzene rings is 2. The molecule has 5 aromatic rings. The normalized spacial score (nSPS) is 16.3. The van der Waals surface area contributed by atoms with Gasteiger partial charge >= 0.3 is 0 Å². The number of aromatic nitrogens is 5. The number of ether oxygens (including phenoxy) is 3. The van der Waals surface area contributed by atoms with Crippen LogP contribution < -0.4 is 5.32 Å². The molecule has 2 aromatic carbocycles. The number of nitrogens with one attached hydrogen (secondary N) is 1. The average molecular weight is 760 g/mol. The Labute approximate surface area is 322 Å². The van der Waals surface area contributed by atoms with Crippen LogP contribution in [0.5, 0.6) is 0 Å². The smallest absolute Gasteiger partial charge is 0.255 e. The summed E-state index contributed by atoms with van der Waals surface area (Å²) in [6, 6.07) is 15.5. The minimum absolute atomic E-state index is 0.155. The van der Waals surface area contributed by atoms with Crippen LogP contribution in [0.15, 0.2) is 60.9 Å². The molecule has 13 nitrogen and oxygen atoms in total. The second-order valence-electron chi connectivity index (χ2n) is 13.8. The van der Waals surface area contributed by atoms with Crippen molar-refractivity contribution < 1.29 is 28.6 Å². The van der Waals surface area contributed by atoms with Gasteiger partial charge in [0.15, 0.2) is 5.82 Å². The van der Waals surface area contributed by atoms with Gasteiger partial charge in [-0.15, -0.1) is 21.5 Å². The monoisotopic (exact) mass is 759 g/mol. The maximum absolute atomic E-state index is 13.1. The largest absolute Gasteiger partial charge is 0.379 e. The first kappa shape index (κ1) is 36.5. The van der Waals surface area contributed by atoms with Crippen LogP contribution in [-0.2, 0) is 62.9 Å². The zero-order valence-corrected chi connectivity index (χ0v) is 31.4. The van der Waals surface area contributed by atoms with Crippen LogP contribution in [0.25, 0.3) is 5.00 Å². The Kier molecular flexibility index (Phi) is 11.0. The number of hydrogen-bond acceptors (Lipinski definition) is 10. The van der Waals surface area contributed by atoms with E-state index in [0.717, 1.165) is 63.0 Å². The van der Waals surface area contributed by atoms with Gasteiger partial charge in [-0.05, 0) is 60.9 Å². The lowest BCUT2D eigenvalue weighted by molar-refractivity contribution is -0.136. The summed E-state index contributed by atoms with van der Waals surface area (Å²) in [5.74, 6) is 7.56. The maximum atomic E-state index is 13.1. The SMILES string of the molecule is Cc1nnc2n1-c1sc(C#Cc3cnn(CCOCCOCCCc4cccc5c4CN(C4CCC(=O)NC4=O)C5=O)c3)c(Cc3ccccc3)c1COC2. The van der Waals surface area contributed by atoms with Gasteiger partial charge in [-0.1, -0.05) is 54.3 Å². The van der Waals surface area contributed by atoms with E-state index in [-0.39, 0.29) is 18.2 Å². The Morgan fingerprint density at radius 2 is 1.82 bits per heavy atom. The Hall–Kier alpha value is -5.46. The van der Waals surface area contributed by atoms with Crippen molar-refractivity contribution in [3.05, 3.63) is 116 Å². The highest BCUT2D eigenvalue weighted by atomic mass is 32.1. The maximum Gasteiger partial charge on any atom is 0.255 e. The number of carbonyl (C=O) groups excluding carboxylic acids is 3. The highest BCUT2D eigenvalue weighted by molar-refractivity contribution is 7.15. The van der Waals surface area contributed by atoms with Gasteiger partial charge < -0.3 is 19.1 Å². The summed E-state index contributed by atoms with van der Waals surface area (Å²) in [6.45, 7) is 5.84. The van der Waals surface area contributed by atoms with Gasteiger partial charge in [0.2, 0.25) is 11.8 Å². The summed E-state index contributed by atoms with van der Waals surface area (Å²) in [4.78, 5) is 39.7. The van der Waals surface area contributed by atoms with Crippen molar-refractivity contribution in [2.45, 2.75) is 71.4 Å². The number of piperidine rings is 1. The molecule has 55 heavy (non-hydrogen) atoms. The number of amides is 3. The summed E-state index contributed by atoms with van der Waals surface area (Å²) < 4.78 is 21.6. The molecule has 3 amide bonds. The molecule has 3 aromatic heterocycles. The molecule has 282 valence electrons. The van der Waals surface area contributed by atoms with Crippen molar-refractivity contribution in [3.63, 3.8) is 0 Å². The Bertz CT molecular complexity index is 2280. The van der Waals surface area contributed by atoms with E-state index >= 15 is 0 Å². The molecular weight excluding hydrogens is 719 g/mol. The van der Waals surface area contributed by atoms with Gasteiger partial charge in [0, 0.05) is 36.9 Å². The molecule has 0 saturated carbocycles. The van der Waals surface area contributed by atoms with Gasteiger partial charge in [0.05, 0.1) is 49.6 Å². The van der Waals surface area contributed by atoms with E-state index in [1.807, 2.05) is 42.1 Å². The van der Waals surface area contributed by atoms with Gasteiger partial charge in [-0.25, -0.2) is 0 Å². The van der Waals surface area contributed by atoms with E-state index in [9.17, 15) is 14.4 Å². The molecule has 1 saturated heterocycles. The minimum atomic E-state index is -0.615. The number of aryl methyl sites for hydroxylation is 2. The Morgan fingerprint density at radius 3 is 2.67 bits per heavy atom. The number of imide groups is 1. The number of nitrogens with zero attached hydrogens (tertiary/aromatic N) is 6. The van der Waals surface area contributed by atoms with Crippen molar-refractivity contribution >= 4 is 29.1 Å². The lowest BCUT2D eigenvalue weighted by Gasteiger charge is -2.29. The molecule has 0 aliphatic carbocycles. The summed E-state index contributed by atoms with van der Waals surface area (Å²) in [5.41, 5.74) is 7.01. The highest BCUT2D eigenvalue weighted by Gasteiger charge is 2.39. The predicted octanol–water partition coefficient (Wildman–Crippen LogP) is 4.28. The quantitative estimate of drug-likeness (QED) is 0.106. The predicted molar refractivity (Wildman–Crippen MR) is 202 cm³/mol. The molecule has 3 aliphatic heterocycles. The van der Waals surface area contributed by atoms with Crippen molar-refractivity contribution in [2.75, 3.05) is 26.4 Å². The molecular formula is C41H41N7O6S. The van der Waals surface area contributed by atoms with Crippen LogP contribution in [0.2, 0.25) is 0 Å². The molecule has 0 radical (unpaired) electrons. The lowest BCUT2D eigenvalue weighted by atomic mass is 10.00. The van der Waals surface area contributed by atoms with Crippen molar-refractivity contribution in [1.29, 1.82) is 0 Å². The van der Waals surface area contributed by atoms with E-state index in [1.54, 1.807) is 22.4 Å². The molecule has 6 heterocycles.